The average molecular weight is 237 g/mol. The Kier molecular flexibility index (Phi) is 3.47. The third kappa shape index (κ3) is 2.49. The molecule has 3 N–H and O–H groups in total. The molecule has 1 fully saturated rings. The Bertz CT molecular complexity index is 414. The molecule has 2 unspecified atom stereocenters. The highest BCUT2D eigenvalue weighted by molar-refractivity contribution is 5.92. The van der Waals surface area contributed by atoms with Crippen LogP contribution in [0.4, 0.5) is 5.88 Å². The van der Waals surface area contributed by atoms with Gasteiger partial charge in [-0.1, -0.05) is 18.0 Å². The summed E-state index contributed by atoms with van der Waals surface area (Å²) < 4.78 is 5.07. The van der Waals surface area contributed by atoms with E-state index in [1.54, 1.807) is 0 Å². The van der Waals surface area contributed by atoms with Gasteiger partial charge in [0.15, 0.2) is 0 Å². The van der Waals surface area contributed by atoms with Gasteiger partial charge >= 0.3 is 0 Å². The molecule has 94 valence electrons. The number of anilines is 1. The molecular weight excluding hydrogens is 218 g/mol. The van der Waals surface area contributed by atoms with Crippen molar-refractivity contribution in [1.29, 1.82) is 0 Å². The average Bonchev–Trinajstić information content (AvgIpc) is 2.61. The van der Waals surface area contributed by atoms with Gasteiger partial charge in [0, 0.05) is 11.6 Å². The van der Waals surface area contributed by atoms with Gasteiger partial charge in [-0.05, 0) is 26.7 Å². The van der Waals surface area contributed by atoms with Crippen LogP contribution in [0, 0.1) is 19.8 Å². The maximum Gasteiger partial charge on any atom is 0.234 e. The lowest BCUT2D eigenvalue weighted by Crippen LogP contribution is -2.40. The lowest BCUT2D eigenvalue weighted by atomic mass is 9.84. The summed E-state index contributed by atoms with van der Waals surface area (Å²) in [6, 6.07) is -0.0342. The number of rotatable bonds is 2. The predicted molar refractivity (Wildman–Crippen MR) is 64.5 cm³/mol. The van der Waals surface area contributed by atoms with Crippen LogP contribution < -0.4 is 11.1 Å². The second-order valence-corrected chi connectivity index (χ2v) is 4.77. The molecule has 17 heavy (non-hydrogen) atoms. The van der Waals surface area contributed by atoms with Crippen molar-refractivity contribution in [3.05, 3.63) is 11.3 Å². The highest BCUT2D eigenvalue weighted by atomic mass is 16.5. The van der Waals surface area contributed by atoms with Gasteiger partial charge in [0.05, 0.1) is 11.6 Å². The van der Waals surface area contributed by atoms with Gasteiger partial charge in [0.1, 0.15) is 0 Å². The first-order valence-electron chi connectivity index (χ1n) is 6.09. The third-order valence-electron chi connectivity index (χ3n) is 3.55. The van der Waals surface area contributed by atoms with Crippen molar-refractivity contribution in [2.24, 2.45) is 11.7 Å². The topological polar surface area (TPSA) is 81.2 Å². The minimum atomic E-state index is -0.103. The number of nitrogens with two attached hydrogens (primary N) is 1. The van der Waals surface area contributed by atoms with Gasteiger partial charge in [-0.15, -0.1) is 0 Å². The first-order valence-corrected chi connectivity index (χ1v) is 6.09. The summed E-state index contributed by atoms with van der Waals surface area (Å²) >= 11 is 0. The van der Waals surface area contributed by atoms with Gasteiger partial charge in [0.25, 0.3) is 0 Å². The molecule has 0 saturated heterocycles. The Morgan fingerprint density at radius 2 is 2.12 bits per heavy atom. The summed E-state index contributed by atoms with van der Waals surface area (Å²) in [4.78, 5) is 12.1. The lowest BCUT2D eigenvalue weighted by molar-refractivity contribution is -0.121. The molecular formula is C12H19N3O2. The number of hydrogen-bond donors (Lipinski definition) is 2. The molecule has 1 aliphatic carbocycles. The number of nitrogens with zero attached hydrogens (tertiary/aromatic N) is 1. The van der Waals surface area contributed by atoms with E-state index >= 15 is 0 Å². The molecule has 5 nitrogen and oxygen atoms in total. The largest absolute Gasteiger partial charge is 0.338 e. The van der Waals surface area contributed by atoms with Crippen LogP contribution >= 0.6 is 0 Å². The molecule has 2 rings (SSSR count). The van der Waals surface area contributed by atoms with E-state index in [4.69, 9.17) is 10.3 Å². The number of carbonyl (C=O) groups excluding carboxylic acids is 1. The van der Waals surface area contributed by atoms with E-state index < -0.39 is 0 Å². The zero-order valence-electron chi connectivity index (χ0n) is 10.3. The fourth-order valence-electron chi connectivity index (χ4n) is 2.22. The second kappa shape index (κ2) is 4.87. The normalized spacial score (nSPS) is 24.6. The van der Waals surface area contributed by atoms with E-state index in [0.29, 0.717) is 5.88 Å². The SMILES string of the molecule is Cc1noc(NC(=O)C2CCCCC2N)c1C. The number of carbonyl (C=O) groups is 1. The number of aryl methyl sites for hydroxylation is 1. The van der Waals surface area contributed by atoms with E-state index in [2.05, 4.69) is 10.5 Å². The number of amides is 1. The number of aromatic nitrogens is 1. The Labute approximate surface area is 101 Å². The van der Waals surface area contributed by atoms with E-state index in [1.165, 1.54) is 0 Å². The number of nitrogens with one attached hydrogen (secondary N) is 1. The van der Waals surface area contributed by atoms with E-state index in [1.807, 2.05) is 13.8 Å². The van der Waals surface area contributed by atoms with Crippen LogP contribution in [0.3, 0.4) is 0 Å². The quantitative estimate of drug-likeness (QED) is 0.821. The van der Waals surface area contributed by atoms with Crippen molar-refractivity contribution in [2.75, 3.05) is 5.32 Å². The van der Waals surface area contributed by atoms with Crippen LogP contribution in [0.2, 0.25) is 0 Å². The van der Waals surface area contributed by atoms with Crippen LogP contribution in [0.15, 0.2) is 4.52 Å². The highest BCUT2D eigenvalue weighted by Gasteiger charge is 2.29. The molecule has 1 saturated carbocycles. The maximum absolute atomic E-state index is 12.1. The zero-order valence-corrected chi connectivity index (χ0v) is 10.3. The summed E-state index contributed by atoms with van der Waals surface area (Å²) in [5.74, 6) is 0.301. The van der Waals surface area contributed by atoms with E-state index in [9.17, 15) is 4.79 Å². The Hall–Kier alpha value is -1.36. The molecule has 1 amide bonds. The molecule has 0 aliphatic heterocycles. The van der Waals surface area contributed by atoms with Crippen molar-refractivity contribution in [3.63, 3.8) is 0 Å². The molecule has 0 radical (unpaired) electrons. The summed E-state index contributed by atoms with van der Waals surface area (Å²) in [7, 11) is 0. The van der Waals surface area contributed by atoms with Crippen molar-refractivity contribution >= 4 is 11.8 Å². The van der Waals surface area contributed by atoms with Crippen LogP contribution in [0.1, 0.15) is 36.9 Å². The molecule has 1 aliphatic rings. The van der Waals surface area contributed by atoms with Crippen molar-refractivity contribution < 1.29 is 9.32 Å². The monoisotopic (exact) mass is 237 g/mol. The summed E-state index contributed by atoms with van der Waals surface area (Å²) in [6.45, 7) is 3.73. The Balaban J connectivity index is 2.03. The van der Waals surface area contributed by atoms with Crippen LogP contribution in [-0.4, -0.2) is 17.1 Å². The smallest absolute Gasteiger partial charge is 0.234 e. The van der Waals surface area contributed by atoms with Crippen molar-refractivity contribution in [3.8, 4) is 0 Å². The highest BCUT2D eigenvalue weighted by Crippen LogP contribution is 2.25. The zero-order chi connectivity index (χ0) is 12.4. The minimum absolute atomic E-state index is 0.0342. The van der Waals surface area contributed by atoms with Crippen molar-refractivity contribution in [2.45, 2.75) is 45.6 Å². The molecule has 1 aromatic rings. The van der Waals surface area contributed by atoms with E-state index in [-0.39, 0.29) is 17.9 Å². The first-order chi connectivity index (χ1) is 8.09. The van der Waals surface area contributed by atoms with Gasteiger partial charge < -0.3 is 10.3 Å². The summed E-state index contributed by atoms with van der Waals surface area (Å²) in [6.07, 6.45) is 3.97. The Morgan fingerprint density at radius 3 is 2.71 bits per heavy atom. The van der Waals surface area contributed by atoms with Gasteiger partial charge in [-0.25, -0.2) is 0 Å². The molecule has 1 aromatic heterocycles. The van der Waals surface area contributed by atoms with Gasteiger partial charge in [-0.3, -0.25) is 10.1 Å². The van der Waals surface area contributed by atoms with Crippen LogP contribution in [-0.2, 0) is 4.79 Å². The molecule has 0 bridgehead atoms. The first kappa shape index (κ1) is 12.1. The van der Waals surface area contributed by atoms with Gasteiger partial charge in [-0.2, -0.15) is 0 Å². The molecule has 0 aromatic carbocycles. The predicted octanol–water partition coefficient (Wildman–Crippen LogP) is 1.75. The second-order valence-electron chi connectivity index (χ2n) is 4.77. The fourth-order valence-corrected chi connectivity index (χ4v) is 2.22. The molecule has 1 heterocycles. The lowest BCUT2D eigenvalue weighted by Gasteiger charge is -2.26. The molecule has 2 atom stereocenters. The van der Waals surface area contributed by atoms with Crippen LogP contribution in [0.25, 0.3) is 0 Å². The van der Waals surface area contributed by atoms with E-state index in [0.717, 1.165) is 36.9 Å². The Morgan fingerprint density at radius 1 is 1.41 bits per heavy atom. The maximum atomic E-state index is 12.1. The minimum Gasteiger partial charge on any atom is -0.338 e. The molecule has 5 heteroatoms. The van der Waals surface area contributed by atoms with Crippen LogP contribution in [0.5, 0.6) is 0 Å². The number of hydrogen-bond acceptors (Lipinski definition) is 4. The van der Waals surface area contributed by atoms with Crippen molar-refractivity contribution in [1.82, 2.24) is 5.16 Å². The third-order valence-corrected chi connectivity index (χ3v) is 3.55. The van der Waals surface area contributed by atoms with Gasteiger partial charge in [0.2, 0.25) is 11.8 Å². The molecule has 0 spiro atoms. The summed E-state index contributed by atoms with van der Waals surface area (Å²) in [5.41, 5.74) is 7.65. The summed E-state index contributed by atoms with van der Waals surface area (Å²) in [5, 5.41) is 6.60. The fraction of sp³-hybridized carbons (Fsp3) is 0.667. The standard InChI is InChI=1S/C12H19N3O2/c1-7-8(2)15-17-12(7)14-11(16)9-5-3-4-6-10(9)13/h9-10H,3-6,13H2,1-2H3,(H,14,16).